The summed E-state index contributed by atoms with van der Waals surface area (Å²) in [6, 6.07) is 29.3. The van der Waals surface area contributed by atoms with Crippen LogP contribution in [-0.4, -0.2) is 20.7 Å². The molecule has 0 saturated heterocycles. The summed E-state index contributed by atoms with van der Waals surface area (Å²) in [4.78, 5) is 13.1. The van der Waals surface area contributed by atoms with Crippen LogP contribution in [0.5, 0.6) is 0 Å². The molecule has 3 nitrogen and oxygen atoms in total. The van der Waals surface area contributed by atoms with Crippen LogP contribution in [0.1, 0.15) is 43.9 Å². The molecule has 4 heteroatoms. The first-order valence-corrected chi connectivity index (χ1v) is 11.4. The lowest BCUT2D eigenvalue weighted by Crippen LogP contribution is -2.36. The van der Waals surface area contributed by atoms with Gasteiger partial charge in [-0.15, -0.1) is 0 Å². The Morgan fingerprint density at radius 1 is 0.733 bits per heavy atom. The Morgan fingerprint density at radius 2 is 1.10 bits per heavy atom. The van der Waals surface area contributed by atoms with Gasteiger partial charge >= 0.3 is 5.97 Å². The maximum Gasteiger partial charge on any atom is 0.308 e. The van der Waals surface area contributed by atoms with E-state index in [1.54, 1.807) is 0 Å². The first-order chi connectivity index (χ1) is 14.3. The van der Waals surface area contributed by atoms with E-state index >= 15 is 0 Å². The van der Waals surface area contributed by atoms with E-state index in [1.807, 2.05) is 112 Å². The van der Waals surface area contributed by atoms with Gasteiger partial charge in [-0.2, -0.15) is 0 Å². The van der Waals surface area contributed by atoms with Crippen molar-refractivity contribution in [3.8, 4) is 0 Å². The van der Waals surface area contributed by atoms with Gasteiger partial charge < -0.3 is 4.74 Å². The fourth-order valence-corrected chi connectivity index (χ4v) is 4.36. The normalized spacial score (nSPS) is 12.9. The summed E-state index contributed by atoms with van der Waals surface area (Å²) in [6.45, 7) is 5.74. The average molecular weight is 421 g/mol. The maximum atomic E-state index is 13.1. The van der Waals surface area contributed by atoms with Crippen molar-refractivity contribution in [1.29, 1.82) is 0 Å². The lowest BCUT2D eigenvalue weighted by molar-refractivity contribution is -0.153. The zero-order chi connectivity index (χ0) is 21.6. The fourth-order valence-electron chi connectivity index (χ4n) is 3.40. The van der Waals surface area contributed by atoms with Crippen LogP contribution < -0.4 is 0 Å². The molecule has 0 N–H and O–H groups in total. The minimum atomic E-state index is -1.12. The summed E-state index contributed by atoms with van der Waals surface area (Å²) in [5, 5.41) is 0. The van der Waals surface area contributed by atoms with Crippen molar-refractivity contribution < 1.29 is 13.7 Å². The number of hydrogen-bond donors (Lipinski definition) is 0. The first-order valence-electron chi connectivity index (χ1n) is 10.1. The van der Waals surface area contributed by atoms with Crippen LogP contribution in [0.15, 0.2) is 91.0 Å². The molecule has 3 aromatic carbocycles. The second-order valence-corrected chi connectivity index (χ2v) is 10.5. The molecule has 0 aliphatic heterocycles. The van der Waals surface area contributed by atoms with E-state index in [-0.39, 0.29) is 22.9 Å². The van der Waals surface area contributed by atoms with Crippen LogP contribution in [0.25, 0.3) is 0 Å². The van der Waals surface area contributed by atoms with Gasteiger partial charge in [0.15, 0.2) is 5.60 Å². The van der Waals surface area contributed by atoms with Crippen molar-refractivity contribution in [2.45, 2.75) is 37.5 Å². The van der Waals surface area contributed by atoms with Gasteiger partial charge in [-0.1, -0.05) is 91.0 Å². The van der Waals surface area contributed by atoms with E-state index in [0.29, 0.717) is 0 Å². The Labute approximate surface area is 181 Å². The van der Waals surface area contributed by atoms with Crippen molar-refractivity contribution in [3.05, 3.63) is 108 Å². The van der Waals surface area contributed by atoms with Gasteiger partial charge in [-0.25, -0.2) is 0 Å². The third-order valence-corrected chi connectivity index (χ3v) is 6.92. The van der Waals surface area contributed by atoms with Crippen LogP contribution in [0.2, 0.25) is 0 Å². The molecule has 3 aromatic rings. The van der Waals surface area contributed by atoms with Gasteiger partial charge in [0.25, 0.3) is 0 Å². The predicted octanol–water partition coefficient (Wildman–Crippen LogP) is 5.46. The third kappa shape index (κ3) is 4.88. The fraction of sp³-hybridized carbons (Fsp3) is 0.269. The molecule has 0 amide bonds. The largest absolute Gasteiger partial charge is 0.444 e. The van der Waals surface area contributed by atoms with Crippen LogP contribution in [0.4, 0.5) is 0 Å². The number of rotatable bonds is 7. The lowest BCUT2D eigenvalue weighted by Gasteiger charge is -2.35. The second kappa shape index (κ2) is 9.40. The second-order valence-electron chi connectivity index (χ2n) is 8.17. The molecule has 0 aliphatic carbocycles. The van der Waals surface area contributed by atoms with Gasteiger partial charge in [0.1, 0.15) is 0 Å². The van der Waals surface area contributed by atoms with E-state index in [0.717, 1.165) is 16.7 Å². The topological polar surface area (TPSA) is 43.4 Å². The Bertz CT molecular complexity index is 880. The van der Waals surface area contributed by atoms with Crippen LogP contribution in [0, 0.1) is 0 Å². The lowest BCUT2D eigenvalue weighted by atomic mass is 9.80. The van der Waals surface area contributed by atoms with E-state index in [1.165, 1.54) is 0 Å². The number of carbonyl (C=O) groups excluding carboxylic acids is 1. The van der Waals surface area contributed by atoms with Gasteiger partial charge in [-0.05, 0) is 20.8 Å². The molecular formula is C26H28O3S. The molecule has 156 valence electrons. The highest BCUT2D eigenvalue weighted by atomic mass is 32.2. The number of ether oxygens (including phenoxy) is 1. The molecule has 1 unspecified atom stereocenters. The highest BCUT2D eigenvalue weighted by Gasteiger charge is 2.40. The highest BCUT2D eigenvalue weighted by Crippen LogP contribution is 2.40. The SMILES string of the molecule is CC(C)(C)S(=O)CCC(=O)OC(c1ccccc1)(c1ccccc1)c1ccccc1. The summed E-state index contributed by atoms with van der Waals surface area (Å²) in [7, 11) is -1.12. The molecule has 0 saturated carbocycles. The van der Waals surface area contributed by atoms with Crippen LogP contribution in [-0.2, 0) is 25.9 Å². The van der Waals surface area contributed by atoms with Gasteiger partial charge in [-0.3, -0.25) is 9.00 Å². The molecule has 0 bridgehead atoms. The molecular weight excluding hydrogens is 392 g/mol. The standard InChI is InChI=1S/C26H28O3S/c1-25(2,3)30(28)20-19-24(27)29-26(21-13-7-4-8-14-21,22-15-9-5-10-16-22)23-17-11-6-12-18-23/h4-18H,19-20H2,1-3H3. The molecule has 0 spiro atoms. The monoisotopic (exact) mass is 420 g/mol. The van der Waals surface area contributed by atoms with Gasteiger partial charge in [0.05, 0.1) is 6.42 Å². The van der Waals surface area contributed by atoms with Crippen molar-refractivity contribution >= 4 is 16.8 Å². The molecule has 0 aromatic heterocycles. The summed E-state index contributed by atoms with van der Waals surface area (Å²) in [5.74, 6) is -0.0966. The third-order valence-electron chi connectivity index (χ3n) is 4.98. The molecule has 3 rings (SSSR count). The quantitative estimate of drug-likeness (QED) is 0.377. The summed E-state index contributed by atoms with van der Waals surface area (Å²) >= 11 is 0. The van der Waals surface area contributed by atoms with Crippen molar-refractivity contribution in [1.82, 2.24) is 0 Å². The van der Waals surface area contributed by atoms with Crippen LogP contribution in [0.3, 0.4) is 0 Å². The number of carbonyl (C=O) groups is 1. The average Bonchev–Trinajstić information content (AvgIpc) is 2.77. The van der Waals surface area contributed by atoms with E-state index in [9.17, 15) is 9.00 Å². The van der Waals surface area contributed by atoms with Crippen molar-refractivity contribution in [3.63, 3.8) is 0 Å². The minimum Gasteiger partial charge on any atom is -0.444 e. The van der Waals surface area contributed by atoms with E-state index in [2.05, 4.69) is 0 Å². The Balaban J connectivity index is 2.05. The number of benzene rings is 3. The van der Waals surface area contributed by atoms with Crippen molar-refractivity contribution in [2.24, 2.45) is 0 Å². The molecule has 0 aliphatic rings. The van der Waals surface area contributed by atoms with E-state index < -0.39 is 16.4 Å². The van der Waals surface area contributed by atoms with Crippen LogP contribution >= 0.6 is 0 Å². The maximum absolute atomic E-state index is 13.1. The molecule has 30 heavy (non-hydrogen) atoms. The predicted molar refractivity (Wildman–Crippen MR) is 123 cm³/mol. The smallest absolute Gasteiger partial charge is 0.308 e. The summed E-state index contributed by atoms with van der Waals surface area (Å²) in [6.07, 6.45) is 0.0954. The Kier molecular flexibility index (Phi) is 6.88. The highest BCUT2D eigenvalue weighted by molar-refractivity contribution is 7.86. The molecule has 0 fully saturated rings. The minimum absolute atomic E-state index is 0.0954. The Hall–Kier alpha value is -2.72. The number of hydrogen-bond acceptors (Lipinski definition) is 3. The first kappa shape index (κ1) is 22.0. The molecule has 1 atom stereocenters. The zero-order valence-corrected chi connectivity index (χ0v) is 18.5. The summed E-state index contributed by atoms with van der Waals surface area (Å²) in [5.41, 5.74) is 1.53. The van der Waals surface area contributed by atoms with Crippen molar-refractivity contribution in [2.75, 3.05) is 5.75 Å². The molecule has 0 radical (unpaired) electrons. The molecule has 0 heterocycles. The zero-order valence-electron chi connectivity index (χ0n) is 17.7. The van der Waals surface area contributed by atoms with E-state index in [4.69, 9.17) is 4.74 Å². The number of esters is 1. The summed E-state index contributed by atoms with van der Waals surface area (Å²) < 4.78 is 18.4. The Morgan fingerprint density at radius 3 is 1.43 bits per heavy atom. The van der Waals surface area contributed by atoms with Gasteiger partial charge in [0, 0.05) is 38.0 Å². The van der Waals surface area contributed by atoms with Gasteiger partial charge in [0.2, 0.25) is 0 Å².